The van der Waals surface area contributed by atoms with Crippen LogP contribution in [0.15, 0.2) is 28.1 Å². The minimum absolute atomic E-state index is 0.0375. The van der Waals surface area contributed by atoms with Crippen molar-refractivity contribution in [3.05, 3.63) is 22.9 Å². The van der Waals surface area contributed by atoms with E-state index in [1.807, 2.05) is 18.7 Å². The van der Waals surface area contributed by atoms with Gasteiger partial charge in [0.2, 0.25) is 0 Å². The van der Waals surface area contributed by atoms with Gasteiger partial charge in [0.25, 0.3) is 0 Å². The fourth-order valence-electron chi connectivity index (χ4n) is 2.77. The standard InChI is InChI=1S/C17H26ClNO3S/c1-4-14(19-22-8-6-7-18)17-15(20)10-13(11-16(17)21)9-12(3)23-5-2/h6-7,12-13,20H,4-5,8-11H2,1-3H3/b7-6+,19-14+/t12-,13?/m1/s1. The Bertz CT molecular complexity index is 488. The predicted molar refractivity (Wildman–Crippen MR) is 98.3 cm³/mol. The Balaban J connectivity index is 2.79. The van der Waals surface area contributed by atoms with Crippen molar-refractivity contribution in [1.29, 1.82) is 0 Å². The molecule has 0 aliphatic heterocycles. The molecule has 23 heavy (non-hydrogen) atoms. The Kier molecular flexibility index (Phi) is 9.41. The number of carbonyl (C=O) groups is 1. The average molecular weight is 360 g/mol. The fourth-order valence-corrected chi connectivity index (χ4v) is 3.82. The molecule has 1 N–H and O–H groups in total. The van der Waals surface area contributed by atoms with Crippen LogP contribution in [0.2, 0.25) is 0 Å². The number of halogens is 1. The number of allylic oxidation sites excluding steroid dienone is 2. The van der Waals surface area contributed by atoms with Gasteiger partial charge in [0.1, 0.15) is 12.4 Å². The van der Waals surface area contributed by atoms with E-state index in [1.165, 1.54) is 5.54 Å². The summed E-state index contributed by atoms with van der Waals surface area (Å²) in [6.45, 7) is 6.43. The second kappa shape index (κ2) is 10.8. The fraction of sp³-hybridized carbons (Fsp3) is 0.647. The topological polar surface area (TPSA) is 58.9 Å². The Morgan fingerprint density at radius 2 is 2.26 bits per heavy atom. The summed E-state index contributed by atoms with van der Waals surface area (Å²) in [5, 5.41) is 14.8. The van der Waals surface area contributed by atoms with Gasteiger partial charge in [0.15, 0.2) is 5.78 Å². The summed E-state index contributed by atoms with van der Waals surface area (Å²) in [7, 11) is 0. The highest BCUT2D eigenvalue weighted by molar-refractivity contribution is 7.99. The van der Waals surface area contributed by atoms with Crippen molar-refractivity contribution in [2.45, 2.75) is 51.7 Å². The second-order valence-corrected chi connectivity index (χ2v) is 7.54. The quantitative estimate of drug-likeness (QED) is 0.363. The van der Waals surface area contributed by atoms with Crippen LogP contribution in [0.1, 0.15) is 46.5 Å². The minimum Gasteiger partial charge on any atom is -0.511 e. The zero-order chi connectivity index (χ0) is 17.2. The van der Waals surface area contributed by atoms with Gasteiger partial charge in [-0.25, -0.2) is 0 Å². The molecule has 4 nitrogen and oxygen atoms in total. The summed E-state index contributed by atoms with van der Waals surface area (Å²) in [6, 6.07) is 0. The lowest BCUT2D eigenvalue weighted by Crippen LogP contribution is -2.26. The van der Waals surface area contributed by atoms with Crippen LogP contribution in [-0.2, 0) is 9.63 Å². The van der Waals surface area contributed by atoms with Gasteiger partial charge in [-0.05, 0) is 30.6 Å². The lowest BCUT2D eigenvalue weighted by molar-refractivity contribution is -0.116. The largest absolute Gasteiger partial charge is 0.511 e. The molecule has 0 radical (unpaired) electrons. The molecule has 0 amide bonds. The van der Waals surface area contributed by atoms with Gasteiger partial charge in [-0.3, -0.25) is 4.79 Å². The molecule has 1 unspecified atom stereocenters. The predicted octanol–water partition coefficient (Wildman–Crippen LogP) is 4.84. The first kappa shape index (κ1) is 20.1. The zero-order valence-electron chi connectivity index (χ0n) is 14.0. The van der Waals surface area contributed by atoms with E-state index in [-0.39, 0.29) is 24.1 Å². The van der Waals surface area contributed by atoms with E-state index in [9.17, 15) is 9.90 Å². The molecule has 6 heteroatoms. The van der Waals surface area contributed by atoms with Gasteiger partial charge >= 0.3 is 0 Å². The number of thioether (sulfide) groups is 1. The molecule has 0 fully saturated rings. The Morgan fingerprint density at radius 1 is 1.52 bits per heavy atom. The molecule has 0 saturated carbocycles. The van der Waals surface area contributed by atoms with E-state index >= 15 is 0 Å². The van der Waals surface area contributed by atoms with E-state index in [4.69, 9.17) is 16.4 Å². The normalized spacial score (nSPS) is 21.1. The zero-order valence-corrected chi connectivity index (χ0v) is 15.6. The maximum absolute atomic E-state index is 12.4. The number of nitrogens with zero attached hydrogens (tertiary/aromatic N) is 1. The number of oxime groups is 1. The van der Waals surface area contributed by atoms with Crippen molar-refractivity contribution in [2.24, 2.45) is 11.1 Å². The Morgan fingerprint density at radius 3 is 2.83 bits per heavy atom. The van der Waals surface area contributed by atoms with Crippen LogP contribution < -0.4 is 0 Å². The lowest BCUT2D eigenvalue weighted by Gasteiger charge is -2.25. The smallest absolute Gasteiger partial charge is 0.168 e. The summed E-state index contributed by atoms with van der Waals surface area (Å²) >= 11 is 7.30. The molecule has 0 spiro atoms. The molecule has 130 valence electrons. The van der Waals surface area contributed by atoms with Crippen molar-refractivity contribution in [3.63, 3.8) is 0 Å². The minimum atomic E-state index is -0.0375. The number of aliphatic hydroxyl groups is 1. The van der Waals surface area contributed by atoms with E-state index in [0.29, 0.717) is 35.8 Å². The SMILES string of the molecule is CCS[C@H](C)CC1CC(=O)C(/C(CC)=N/OC/C=C/Cl)=C(O)C1. The first-order chi connectivity index (χ1) is 11.0. The number of ketones is 1. The van der Waals surface area contributed by atoms with E-state index < -0.39 is 0 Å². The number of rotatable bonds is 9. The van der Waals surface area contributed by atoms with Crippen LogP contribution in [0, 0.1) is 5.92 Å². The highest BCUT2D eigenvalue weighted by Gasteiger charge is 2.31. The number of aliphatic hydroxyl groups excluding tert-OH is 1. The third-order valence-corrected chi connectivity index (χ3v) is 4.97. The maximum Gasteiger partial charge on any atom is 0.168 e. The monoisotopic (exact) mass is 359 g/mol. The number of hydrogen-bond donors (Lipinski definition) is 1. The van der Waals surface area contributed by atoms with Crippen LogP contribution in [0.3, 0.4) is 0 Å². The van der Waals surface area contributed by atoms with Crippen LogP contribution in [0.5, 0.6) is 0 Å². The Labute approximate surface area is 148 Å². The Hall–Kier alpha value is -0.940. The molecular weight excluding hydrogens is 334 g/mol. The second-order valence-electron chi connectivity index (χ2n) is 5.57. The number of hydrogen-bond acceptors (Lipinski definition) is 5. The van der Waals surface area contributed by atoms with Gasteiger partial charge in [-0.1, -0.05) is 37.5 Å². The van der Waals surface area contributed by atoms with Crippen molar-refractivity contribution >= 4 is 34.9 Å². The summed E-state index contributed by atoms with van der Waals surface area (Å²) in [5.74, 6) is 1.38. The van der Waals surface area contributed by atoms with Gasteiger partial charge < -0.3 is 9.94 Å². The van der Waals surface area contributed by atoms with Gasteiger partial charge in [-0.2, -0.15) is 11.8 Å². The average Bonchev–Trinajstić information content (AvgIpc) is 2.49. The van der Waals surface area contributed by atoms with E-state index in [2.05, 4.69) is 19.0 Å². The number of Topliss-reactive ketones (excluding diaryl/α,β-unsaturated/α-hetero) is 1. The van der Waals surface area contributed by atoms with Crippen LogP contribution in [0.25, 0.3) is 0 Å². The van der Waals surface area contributed by atoms with Crippen LogP contribution in [-0.4, -0.2) is 34.2 Å². The molecule has 1 aliphatic carbocycles. The third-order valence-electron chi connectivity index (χ3n) is 3.70. The van der Waals surface area contributed by atoms with Crippen molar-refractivity contribution in [3.8, 4) is 0 Å². The molecule has 0 aromatic carbocycles. The highest BCUT2D eigenvalue weighted by Crippen LogP contribution is 2.32. The summed E-state index contributed by atoms with van der Waals surface area (Å²) < 4.78 is 0. The van der Waals surface area contributed by atoms with Crippen LogP contribution in [0.4, 0.5) is 0 Å². The van der Waals surface area contributed by atoms with E-state index in [0.717, 1.165) is 12.2 Å². The first-order valence-electron chi connectivity index (χ1n) is 8.04. The van der Waals surface area contributed by atoms with Crippen LogP contribution >= 0.6 is 23.4 Å². The summed E-state index contributed by atoms with van der Waals surface area (Å²) in [5.41, 5.74) is 2.20. The molecule has 0 bridgehead atoms. The number of carbonyl (C=O) groups excluding carboxylic acids is 1. The molecule has 0 heterocycles. The summed E-state index contributed by atoms with van der Waals surface area (Å²) in [4.78, 5) is 17.6. The molecular formula is C17H26ClNO3S. The molecule has 0 aromatic heterocycles. The van der Waals surface area contributed by atoms with Crippen molar-refractivity contribution in [1.82, 2.24) is 0 Å². The van der Waals surface area contributed by atoms with Crippen molar-refractivity contribution < 1.29 is 14.7 Å². The first-order valence-corrected chi connectivity index (χ1v) is 9.53. The molecule has 0 saturated heterocycles. The molecule has 1 aliphatic rings. The van der Waals surface area contributed by atoms with E-state index in [1.54, 1.807) is 6.08 Å². The molecule has 0 aromatic rings. The highest BCUT2D eigenvalue weighted by atomic mass is 35.5. The third kappa shape index (κ3) is 6.60. The van der Waals surface area contributed by atoms with Crippen molar-refractivity contribution in [2.75, 3.05) is 12.4 Å². The summed E-state index contributed by atoms with van der Waals surface area (Å²) in [6.07, 6.45) is 4.09. The molecule has 2 atom stereocenters. The molecule has 1 rings (SSSR count). The van der Waals surface area contributed by atoms with Gasteiger partial charge in [0, 0.05) is 23.6 Å². The maximum atomic E-state index is 12.4. The lowest BCUT2D eigenvalue weighted by atomic mass is 9.82. The van der Waals surface area contributed by atoms with Gasteiger partial charge in [0.05, 0.1) is 11.3 Å². The van der Waals surface area contributed by atoms with Gasteiger partial charge in [-0.15, -0.1) is 0 Å².